The standard InChI is InChI=1S/C29H45NO13/c1-30(15-22(32)27(39)28(40)23(33)16-31)24(34)17-43-21-11-8-19(9-12-21)13-18(5-3-2-4-6-25(35)36)7-10-20(29(41)42)14-26(37)38/h8-9,11-12,18,20,22-23,27-28,31-33,39-40H,2-7,10,13-17H2,1H3,(H,35,36)(H,37,38)(H,41,42). The maximum atomic E-state index is 12.4. The first-order chi connectivity index (χ1) is 20.2. The summed E-state index contributed by atoms with van der Waals surface area (Å²) in [6, 6.07) is 6.90. The van der Waals surface area contributed by atoms with E-state index in [-0.39, 0.29) is 31.9 Å². The van der Waals surface area contributed by atoms with Gasteiger partial charge in [-0.05, 0) is 49.3 Å². The van der Waals surface area contributed by atoms with E-state index >= 15 is 0 Å². The largest absolute Gasteiger partial charge is 0.484 e. The normalized spacial score (nSPS) is 15.5. The van der Waals surface area contributed by atoms with Gasteiger partial charge in [0.15, 0.2) is 6.61 Å². The van der Waals surface area contributed by atoms with Crippen LogP contribution in [0, 0.1) is 11.8 Å². The molecule has 0 aliphatic carbocycles. The number of unbranched alkanes of at least 4 members (excludes halogenated alkanes) is 2. The van der Waals surface area contributed by atoms with Gasteiger partial charge in [-0.25, -0.2) is 0 Å². The van der Waals surface area contributed by atoms with Gasteiger partial charge >= 0.3 is 17.9 Å². The number of carbonyl (C=O) groups is 4. The summed E-state index contributed by atoms with van der Waals surface area (Å²) in [5.74, 6) is -4.32. The molecule has 6 unspecified atom stereocenters. The van der Waals surface area contributed by atoms with Gasteiger partial charge in [0, 0.05) is 20.0 Å². The van der Waals surface area contributed by atoms with Crippen LogP contribution in [0.3, 0.4) is 0 Å². The number of carboxylic acids is 3. The Labute approximate surface area is 250 Å². The molecule has 0 saturated carbocycles. The molecular formula is C29H45NO13. The maximum Gasteiger partial charge on any atom is 0.307 e. The van der Waals surface area contributed by atoms with Gasteiger partial charge in [0.05, 0.1) is 18.9 Å². The Balaban J connectivity index is 2.71. The van der Waals surface area contributed by atoms with Gasteiger partial charge in [0.1, 0.15) is 30.2 Å². The SMILES string of the molecule is CN(CC(O)C(O)C(O)C(O)CO)C(=O)COc1ccc(CC(CCCCCC(=O)O)CCC(CC(=O)O)C(=O)O)cc1. The summed E-state index contributed by atoms with van der Waals surface area (Å²) >= 11 is 0. The molecule has 0 spiro atoms. The predicted molar refractivity (Wildman–Crippen MR) is 151 cm³/mol. The molecule has 1 aromatic rings. The van der Waals surface area contributed by atoms with E-state index in [1.165, 1.54) is 7.05 Å². The van der Waals surface area contributed by atoms with Crippen LogP contribution >= 0.6 is 0 Å². The molecule has 0 heterocycles. The topological polar surface area (TPSA) is 243 Å². The van der Waals surface area contributed by atoms with Crippen molar-refractivity contribution >= 4 is 23.8 Å². The summed E-state index contributed by atoms with van der Waals surface area (Å²) in [4.78, 5) is 46.8. The fourth-order valence-electron chi connectivity index (χ4n) is 4.56. The molecule has 0 aliphatic heterocycles. The second-order valence-electron chi connectivity index (χ2n) is 10.8. The Bertz CT molecular complexity index is 1000. The van der Waals surface area contributed by atoms with Crippen LogP contribution in [0.15, 0.2) is 24.3 Å². The first-order valence-electron chi connectivity index (χ1n) is 14.2. The fraction of sp³-hybridized carbons (Fsp3) is 0.655. The molecule has 1 aromatic carbocycles. The molecule has 14 heteroatoms. The maximum absolute atomic E-state index is 12.4. The monoisotopic (exact) mass is 615 g/mol. The van der Waals surface area contributed by atoms with Crippen molar-refractivity contribution in [3.63, 3.8) is 0 Å². The molecule has 43 heavy (non-hydrogen) atoms. The quantitative estimate of drug-likeness (QED) is 0.0763. The van der Waals surface area contributed by atoms with Gasteiger partial charge in [-0.3, -0.25) is 19.2 Å². The van der Waals surface area contributed by atoms with Crippen LogP contribution in [0.25, 0.3) is 0 Å². The number of carboxylic acid groups (broad SMARTS) is 3. The number of ether oxygens (including phenoxy) is 1. The minimum atomic E-state index is -1.81. The number of rotatable bonds is 23. The van der Waals surface area contributed by atoms with Crippen LogP contribution in [0.5, 0.6) is 5.75 Å². The molecular weight excluding hydrogens is 570 g/mol. The molecule has 6 atom stereocenters. The summed E-state index contributed by atoms with van der Waals surface area (Å²) in [7, 11) is 1.35. The van der Waals surface area contributed by atoms with E-state index in [0.717, 1.165) is 16.9 Å². The number of aliphatic carboxylic acids is 3. The van der Waals surface area contributed by atoms with Gasteiger partial charge in [0.2, 0.25) is 0 Å². The second kappa shape index (κ2) is 19.8. The molecule has 0 fully saturated rings. The lowest BCUT2D eigenvalue weighted by Crippen LogP contribution is -2.50. The van der Waals surface area contributed by atoms with Gasteiger partial charge < -0.3 is 50.5 Å². The van der Waals surface area contributed by atoms with Gasteiger partial charge in [-0.15, -0.1) is 0 Å². The predicted octanol–water partition coefficient (Wildman–Crippen LogP) is 0.109. The number of nitrogens with zero attached hydrogens (tertiary/aromatic N) is 1. The van der Waals surface area contributed by atoms with Crippen molar-refractivity contribution < 1.29 is 64.8 Å². The van der Waals surface area contributed by atoms with Crippen LogP contribution in [0.1, 0.15) is 56.9 Å². The van der Waals surface area contributed by atoms with Crippen molar-refractivity contribution in [1.82, 2.24) is 4.90 Å². The lowest BCUT2D eigenvalue weighted by atomic mass is 9.86. The summed E-state index contributed by atoms with van der Waals surface area (Å²) in [6.07, 6.45) is -3.28. The molecule has 1 rings (SSSR count). The molecule has 244 valence electrons. The van der Waals surface area contributed by atoms with Crippen LogP contribution in [-0.2, 0) is 25.6 Å². The van der Waals surface area contributed by atoms with Crippen LogP contribution < -0.4 is 4.74 Å². The summed E-state index contributed by atoms with van der Waals surface area (Å²) < 4.78 is 5.52. The third-order valence-corrected chi connectivity index (χ3v) is 7.22. The average Bonchev–Trinajstić information content (AvgIpc) is 2.96. The van der Waals surface area contributed by atoms with E-state index in [2.05, 4.69) is 0 Å². The van der Waals surface area contributed by atoms with Crippen molar-refractivity contribution in [2.24, 2.45) is 11.8 Å². The molecule has 0 aromatic heterocycles. The minimum absolute atomic E-state index is 0.0428. The number of aliphatic hydroxyl groups is 5. The zero-order valence-electron chi connectivity index (χ0n) is 24.3. The van der Waals surface area contributed by atoms with Crippen molar-refractivity contribution in [2.75, 3.05) is 26.8 Å². The highest BCUT2D eigenvalue weighted by molar-refractivity contribution is 5.78. The number of hydrogen-bond acceptors (Lipinski definition) is 10. The Morgan fingerprint density at radius 2 is 1.44 bits per heavy atom. The summed E-state index contributed by atoms with van der Waals surface area (Å²) in [5.41, 5.74) is 0.914. The van der Waals surface area contributed by atoms with Gasteiger partial charge in [-0.1, -0.05) is 31.4 Å². The molecule has 1 amide bonds. The van der Waals surface area contributed by atoms with Crippen molar-refractivity contribution in [1.29, 1.82) is 0 Å². The zero-order valence-corrected chi connectivity index (χ0v) is 24.3. The number of carbonyl (C=O) groups excluding carboxylic acids is 1. The van der Waals surface area contributed by atoms with Crippen LogP contribution in [0.4, 0.5) is 0 Å². The van der Waals surface area contributed by atoms with E-state index in [9.17, 15) is 44.7 Å². The summed E-state index contributed by atoms with van der Waals surface area (Å²) in [6.45, 7) is -1.58. The second-order valence-corrected chi connectivity index (χ2v) is 10.8. The lowest BCUT2D eigenvalue weighted by Gasteiger charge is -2.28. The molecule has 0 radical (unpaired) electrons. The number of likely N-dealkylation sites (N-methyl/N-ethyl adjacent to an activating group) is 1. The third-order valence-electron chi connectivity index (χ3n) is 7.22. The van der Waals surface area contributed by atoms with Crippen LogP contribution in [0.2, 0.25) is 0 Å². The van der Waals surface area contributed by atoms with Crippen molar-refractivity contribution in [3.05, 3.63) is 29.8 Å². The number of hydrogen-bond donors (Lipinski definition) is 8. The number of benzene rings is 1. The highest BCUT2D eigenvalue weighted by Crippen LogP contribution is 2.26. The zero-order chi connectivity index (χ0) is 32.5. The molecule has 8 N–H and O–H groups in total. The Morgan fingerprint density at radius 1 is 0.814 bits per heavy atom. The number of aliphatic hydroxyl groups excluding tert-OH is 5. The van der Waals surface area contributed by atoms with Crippen LogP contribution in [-0.4, -0.2) is 121 Å². The van der Waals surface area contributed by atoms with E-state index < -0.39 is 67.2 Å². The Hall–Kier alpha value is -3.30. The Kier molecular flexibility index (Phi) is 17.4. The summed E-state index contributed by atoms with van der Waals surface area (Å²) in [5, 5.41) is 75.2. The van der Waals surface area contributed by atoms with Crippen molar-refractivity contribution in [2.45, 2.75) is 82.2 Å². The first-order valence-corrected chi connectivity index (χ1v) is 14.2. The fourth-order valence-corrected chi connectivity index (χ4v) is 4.56. The minimum Gasteiger partial charge on any atom is -0.484 e. The lowest BCUT2D eigenvalue weighted by molar-refractivity contribution is -0.148. The molecule has 0 saturated heterocycles. The highest BCUT2D eigenvalue weighted by atomic mass is 16.5. The van der Waals surface area contributed by atoms with E-state index in [1.807, 2.05) is 0 Å². The smallest absolute Gasteiger partial charge is 0.307 e. The van der Waals surface area contributed by atoms with Crippen molar-refractivity contribution in [3.8, 4) is 5.75 Å². The van der Waals surface area contributed by atoms with E-state index in [4.69, 9.17) is 20.1 Å². The molecule has 14 nitrogen and oxygen atoms in total. The van der Waals surface area contributed by atoms with Gasteiger partial charge in [0.25, 0.3) is 5.91 Å². The number of amides is 1. The Morgan fingerprint density at radius 3 is 2.00 bits per heavy atom. The highest BCUT2D eigenvalue weighted by Gasteiger charge is 2.31. The average molecular weight is 616 g/mol. The van der Waals surface area contributed by atoms with E-state index in [0.29, 0.717) is 37.9 Å². The third kappa shape index (κ3) is 15.1. The van der Waals surface area contributed by atoms with E-state index in [1.54, 1.807) is 24.3 Å². The van der Waals surface area contributed by atoms with Gasteiger partial charge in [-0.2, -0.15) is 0 Å². The molecule has 0 bridgehead atoms. The molecule has 0 aliphatic rings. The first kappa shape index (κ1) is 37.7.